The fourth-order valence-electron chi connectivity index (χ4n) is 3.64. The molecule has 1 aliphatic carbocycles. The van der Waals surface area contributed by atoms with Gasteiger partial charge in [0.25, 0.3) is 0 Å². The molecule has 0 aliphatic heterocycles. The van der Waals surface area contributed by atoms with Crippen molar-refractivity contribution in [2.45, 2.75) is 110 Å². The Morgan fingerprint density at radius 2 is 1.30 bits per heavy atom. The second kappa shape index (κ2) is 13.9. The summed E-state index contributed by atoms with van der Waals surface area (Å²) in [4.78, 5) is 11.2. The van der Waals surface area contributed by atoms with Crippen LogP contribution in [0.5, 0.6) is 0 Å². The van der Waals surface area contributed by atoms with Crippen LogP contribution in [0.2, 0.25) is 0 Å². The van der Waals surface area contributed by atoms with Gasteiger partial charge in [-0.25, -0.2) is 0 Å². The molecule has 1 saturated carbocycles. The van der Waals surface area contributed by atoms with Crippen molar-refractivity contribution in [1.29, 1.82) is 0 Å². The average Bonchev–Trinajstić information content (AvgIpc) is 3.28. The standard InChI is InChI=1S/C21H40O2/c1-3-5-6-7-9-12-15-19-18-20(19)16-13-10-8-11-14-17-21(22)23-4-2/h19-20H,3-18H2,1-2H3/t19-,20+/m0/s1. The second-order valence-electron chi connectivity index (χ2n) is 7.42. The molecule has 1 rings (SSSR count). The van der Waals surface area contributed by atoms with Crippen molar-refractivity contribution in [2.75, 3.05) is 6.61 Å². The van der Waals surface area contributed by atoms with Crippen molar-refractivity contribution >= 4 is 5.97 Å². The van der Waals surface area contributed by atoms with E-state index in [2.05, 4.69) is 6.92 Å². The molecule has 136 valence electrons. The lowest BCUT2D eigenvalue weighted by Gasteiger charge is -2.03. The molecule has 2 nitrogen and oxygen atoms in total. The van der Waals surface area contributed by atoms with Crippen LogP contribution in [0.25, 0.3) is 0 Å². The summed E-state index contributed by atoms with van der Waals surface area (Å²) in [5.74, 6) is 2.11. The maximum atomic E-state index is 11.2. The molecule has 2 atom stereocenters. The minimum atomic E-state index is -0.0250. The highest BCUT2D eigenvalue weighted by molar-refractivity contribution is 5.69. The predicted molar refractivity (Wildman–Crippen MR) is 98.5 cm³/mol. The van der Waals surface area contributed by atoms with E-state index in [0.29, 0.717) is 13.0 Å². The van der Waals surface area contributed by atoms with Gasteiger partial charge in [0.2, 0.25) is 0 Å². The summed E-state index contributed by atoms with van der Waals surface area (Å²) in [6, 6.07) is 0. The van der Waals surface area contributed by atoms with Crippen molar-refractivity contribution in [2.24, 2.45) is 11.8 Å². The zero-order valence-electron chi connectivity index (χ0n) is 15.8. The minimum Gasteiger partial charge on any atom is -0.466 e. The van der Waals surface area contributed by atoms with Gasteiger partial charge in [-0.05, 0) is 31.6 Å². The van der Waals surface area contributed by atoms with Gasteiger partial charge < -0.3 is 4.74 Å². The number of hydrogen-bond donors (Lipinski definition) is 0. The summed E-state index contributed by atoms with van der Waals surface area (Å²) < 4.78 is 4.94. The van der Waals surface area contributed by atoms with Crippen LogP contribution >= 0.6 is 0 Å². The first-order chi connectivity index (χ1) is 11.3. The van der Waals surface area contributed by atoms with Crippen LogP contribution < -0.4 is 0 Å². The number of esters is 1. The first-order valence-corrected chi connectivity index (χ1v) is 10.4. The molecule has 0 bridgehead atoms. The monoisotopic (exact) mass is 324 g/mol. The highest BCUT2D eigenvalue weighted by atomic mass is 16.5. The summed E-state index contributed by atoms with van der Waals surface area (Å²) >= 11 is 0. The molecule has 0 aromatic rings. The van der Waals surface area contributed by atoms with E-state index in [4.69, 9.17) is 4.74 Å². The Labute approximate surface area is 144 Å². The van der Waals surface area contributed by atoms with Gasteiger partial charge in [0, 0.05) is 6.42 Å². The number of carbonyl (C=O) groups is 1. The smallest absolute Gasteiger partial charge is 0.305 e. The van der Waals surface area contributed by atoms with E-state index in [1.54, 1.807) is 0 Å². The van der Waals surface area contributed by atoms with E-state index in [9.17, 15) is 4.79 Å². The molecule has 0 aromatic carbocycles. The third-order valence-corrected chi connectivity index (χ3v) is 5.26. The van der Waals surface area contributed by atoms with Crippen LogP contribution in [0.1, 0.15) is 110 Å². The quantitative estimate of drug-likeness (QED) is 0.234. The van der Waals surface area contributed by atoms with E-state index in [0.717, 1.165) is 18.3 Å². The Hall–Kier alpha value is -0.530. The van der Waals surface area contributed by atoms with Gasteiger partial charge in [-0.15, -0.1) is 0 Å². The number of rotatable bonds is 16. The van der Waals surface area contributed by atoms with Crippen molar-refractivity contribution < 1.29 is 9.53 Å². The first-order valence-electron chi connectivity index (χ1n) is 10.4. The molecule has 0 saturated heterocycles. The minimum absolute atomic E-state index is 0.0250. The molecule has 0 radical (unpaired) electrons. The summed E-state index contributed by atoms with van der Waals surface area (Å²) in [5.41, 5.74) is 0. The molecule has 0 spiro atoms. The van der Waals surface area contributed by atoms with Crippen molar-refractivity contribution in [1.82, 2.24) is 0 Å². The normalized spacial score (nSPS) is 19.7. The molecule has 2 heteroatoms. The Morgan fingerprint density at radius 3 is 1.87 bits per heavy atom. The molecule has 0 aromatic heterocycles. The van der Waals surface area contributed by atoms with Crippen LogP contribution in [-0.2, 0) is 9.53 Å². The van der Waals surface area contributed by atoms with Gasteiger partial charge in [0.05, 0.1) is 6.61 Å². The van der Waals surface area contributed by atoms with Crippen molar-refractivity contribution in [3.63, 3.8) is 0 Å². The van der Waals surface area contributed by atoms with Crippen LogP contribution in [0.3, 0.4) is 0 Å². The first kappa shape index (κ1) is 20.5. The molecule has 0 unspecified atom stereocenters. The van der Waals surface area contributed by atoms with Crippen molar-refractivity contribution in [3.05, 3.63) is 0 Å². The largest absolute Gasteiger partial charge is 0.466 e. The fraction of sp³-hybridized carbons (Fsp3) is 0.952. The molecule has 1 aliphatic rings. The molecular weight excluding hydrogens is 284 g/mol. The van der Waals surface area contributed by atoms with Gasteiger partial charge in [-0.2, -0.15) is 0 Å². The van der Waals surface area contributed by atoms with Gasteiger partial charge in [-0.1, -0.05) is 84.0 Å². The lowest BCUT2D eigenvalue weighted by molar-refractivity contribution is -0.143. The number of carbonyl (C=O) groups excluding carboxylic acids is 1. The highest BCUT2D eigenvalue weighted by Gasteiger charge is 2.34. The Kier molecular flexibility index (Phi) is 12.4. The van der Waals surface area contributed by atoms with Gasteiger partial charge >= 0.3 is 5.97 Å². The third kappa shape index (κ3) is 11.6. The zero-order valence-corrected chi connectivity index (χ0v) is 15.8. The van der Waals surface area contributed by atoms with Crippen LogP contribution in [-0.4, -0.2) is 12.6 Å². The number of hydrogen-bond acceptors (Lipinski definition) is 2. The number of ether oxygens (including phenoxy) is 1. The maximum Gasteiger partial charge on any atom is 0.305 e. The molecule has 0 amide bonds. The number of unbranched alkanes of at least 4 members (excludes halogenated alkanes) is 9. The lowest BCUT2D eigenvalue weighted by Crippen LogP contribution is -2.03. The molecule has 0 heterocycles. The van der Waals surface area contributed by atoms with Gasteiger partial charge in [0.1, 0.15) is 0 Å². The SMILES string of the molecule is CCCCCCCC[C@H]1C[C@H]1CCCCCCCC(=O)OCC. The fourth-order valence-corrected chi connectivity index (χ4v) is 3.64. The highest BCUT2D eigenvalue weighted by Crippen LogP contribution is 2.45. The molecule has 23 heavy (non-hydrogen) atoms. The van der Waals surface area contributed by atoms with E-state index < -0.39 is 0 Å². The summed E-state index contributed by atoms with van der Waals surface area (Å²) in [6.45, 7) is 4.67. The van der Waals surface area contributed by atoms with Crippen LogP contribution in [0.4, 0.5) is 0 Å². The van der Waals surface area contributed by atoms with Crippen LogP contribution in [0, 0.1) is 11.8 Å². The van der Waals surface area contributed by atoms with Crippen molar-refractivity contribution in [3.8, 4) is 0 Å². The van der Waals surface area contributed by atoms with E-state index >= 15 is 0 Å². The Bertz CT molecular complexity index is 288. The summed E-state index contributed by atoms with van der Waals surface area (Å²) in [7, 11) is 0. The molecular formula is C21H40O2. The van der Waals surface area contributed by atoms with Crippen LogP contribution in [0.15, 0.2) is 0 Å². The van der Waals surface area contributed by atoms with E-state index in [-0.39, 0.29) is 5.97 Å². The molecule has 0 N–H and O–H groups in total. The maximum absolute atomic E-state index is 11.2. The Morgan fingerprint density at radius 1 is 0.783 bits per heavy atom. The van der Waals surface area contributed by atoms with Gasteiger partial charge in [-0.3, -0.25) is 4.79 Å². The molecule has 1 fully saturated rings. The summed E-state index contributed by atoms with van der Waals surface area (Å²) in [6.07, 6.45) is 19.9. The summed E-state index contributed by atoms with van der Waals surface area (Å²) in [5, 5.41) is 0. The third-order valence-electron chi connectivity index (χ3n) is 5.26. The Balaban J connectivity index is 1.77. The lowest BCUT2D eigenvalue weighted by atomic mass is 10.0. The van der Waals surface area contributed by atoms with Gasteiger partial charge in [0.15, 0.2) is 0 Å². The second-order valence-corrected chi connectivity index (χ2v) is 7.42. The topological polar surface area (TPSA) is 26.3 Å². The average molecular weight is 325 g/mol. The zero-order chi connectivity index (χ0) is 16.8. The van der Waals surface area contributed by atoms with E-state index in [1.165, 1.54) is 83.5 Å². The predicted octanol–water partition coefficient (Wildman–Crippen LogP) is 6.67. The van der Waals surface area contributed by atoms with E-state index in [1.807, 2.05) is 6.92 Å².